The Bertz CT molecular complexity index is 434. The van der Waals surface area contributed by atoms with Gasteiger partial charge in [-0.3, -0.25) is 0 Å². The van der Waals surface area contributed by atoms with Crippen LogP contribution in [0.5, 0.6) is 0 Å². The monoisotopic (exact) mass is 284 g/mol. The first-order chi connectivity index (χ1) is 8.68. The highest BCUT2D eigenvalue weighted by molar-refractivity contribution is 8.06. The molecule has 6 heteroatoms. The lowest BCUT2D eigenvalue weighted by Crippen LogP contribution is -2.23. The number of aromatic carboxylic acids is 1. The third-order valence-electron chi connectivity index (χ3n) is 2.74. The molecular weight excluding hydrogens is 268 g/mol. The van der Waals surface area contributed by atoms with E-state index in [0.29, 0.717) is 16.6 Å². The summed E-state index contributed by atoms with van der Waals surface area (Å²) in [6.45, 7) is 0.824. The van der Waals surface area contributed by atoms with E-state index in [-0.39, 0.29) is 5.56 Å². The standard InChI is InChI=1S/C12H16N2O2S2/c13-11-9(12(15)16)2-1-3-10(11)14-6-8-7-17-4-5-18-8/h1-3,8,14H,4-7,13H2,(H,15,16). The van der Waals surface area contributed by atoms with Gasteiger partial charge in [0.25, 0.3) is 0 Å². The lowest BCUT2D eigenvalue weighted by atomic mass is 10.1. The number of nitrogens with one attached hydrogen (secondary N) is 1. The van der Waals surface area contributed by atoms with Crippen LogP contribution in [0.1, 0.15) is 10.4 Å². The SMILES string of the molecule is Nc1c(NCC2CSCCS2)cccc1C(=O)O. The van der Waals surface area contributed by atoms with Crippen LogP contribution in [0, 0.1) is 0 Å². The van der Waals surface area contributed by atoms with Crippen molar-refractivity contribution in [3.8, 4) is 0 Å². The molecule has 1 fully saturated rings. The van der Waals surface area contributed by atoms with Crippen LogP contribution < -0.4 is 11.1 Å². The van der Waals surface area contributed by atoms with Crippen molar-refractivity contribution in [2.45, 2.75) is 5.25 Å². The molecular formula is C12H16N2O2S2. The van der Waals surface area contributed by atoms with E-state index in [1.807, 2.05) is 29.6 Å². The molecule has 1 aliphatic heterocycles. The number of para-hydroxylation sites is 1. The van der Waals surface area contributed by atoms with E-state index in [1.54, 1.807) is 6.07 Å². The molecule has 18 heavy (non-hydrogen) atoms. The molecule has 0 amide bonds. The molecule has 0 radical (unpaired) electrons. The summed E-state index contributed by atoms with van der Waals surface area (Å²) in [6, 6.07) is 5.06. The molecule has 4 nitrogen and oxygen atoms in total. The van der Waals surface area contributed by atoms with Crippen molar-refractivity contribution in [1.82, 2.24) is 0 Å². The van der Waals surface area contributed by atoms with Gasteiger partial charge in [-0.2, -0.15) is 23.5 Å². The molecule has 0 aromatic heterocycles. The van der Waals surface area contributed by atoms with E-state index in [0.717, 1.165) is 12.3 Å². The lowest BCUT2D eigenvalue weighted by Gasteiger charge is -2.22. The zero-order valence-corrected chi connectivity index (χ0v) is 11.5. The van der Waals surface area contributed by atoms with Crippen molar-refractivity contribution < 1.29 is 9.90 Å². The smallest absolute Gasteiger partial charge is 0.337 e. The zero-order valence-electron chi connectivity index (χ0n) is 9.89. The second kappa shape index (κ2) is 6.24. The average Bonchev–Trinajstić information content (AvgIpc) is 2.38. The predicted molar refractivity (Wildman–Crippen MR) is 79.9 cm³/mol. The molecule has 4 N–H and O–H groups in total. The maximum Gasteiger partial charge on any atom is 0.337 e. The fraction of sp³-hybridized carbons (Fsp3) is 0.417. The van der Waals surface area contributed by atoms with Crippen LogP contribution in [-0.2, 0) is 0 Å². The summed E-state index contributed by atoms with van der Waals surface area (Å²) in [5.41, 5.74) is 7.03. The van der Waals surface area contributed by atoms with E-state index in [9.17, 15) is 4.79 Å². The van der Waals surface area contributed by atoms with E-state index in [1.165, 1.54) is 17.6 Å². The van der Waals surface area contributed by atoms with Crippen molar-refractivity contribution in [2.75, 3.05) is 34.9 Å². The number of carboxylic acids is 1. The molecule has 0 saturated carbocycles. The van der Waals surface area contributed by atoms with Crippen molar-refractivity contribution in [1.29, 1.82) is 0 Å². The number of carboxylic acid groups (broad SMARTS) is 1. The lowest BCUT2D eigenvalue weighted by molar-refractivity contribution is 0.0698. The molecule has 0 spiro atoms. The molecule has 1 aliphatic rings. The quantitative estimate of drug-likeness (QED) is 0.736. The van der Waals surface area contributed by atoms with Crippen molar-refractivity contribution >= 4 is 40.9 Å². The van der Waals surface area contributed by atoms with E-state index >= 15 is 0 Å². The third kappa shape index (κ3) is 3.26. The van der Waals surface area contributed by atoms with Gasteiger partial charge in [0.15, 0.2) is 0 Å². The first-order valence-corrected chi connectivity index (χ1v) is 7.94. The van der Waals surface area contributed by atoms with Gasteiger partial charge < -0.3 is 16.2 Å². The van der Waals surface area contributed by atoms with Crippen molar-refractivity contribution in [3.63, 3.8) is 0 Å². The number of nitrogen functional groups attached to an aromatic ring is 1. The molecule has 1 unspecified atom stereocenters. The summed E-state index contributed by atoms with van der Waals surface area (Å²) in [7, 11) is 0. The molecule has 2 rings (SSSR count). The average molecular weight is 284 g/mol. The highest BCUT2D eigenvalue weighted by atomic mass is 32.2. The van der Waals surface area contributed by atoms with Crippen LogP contribution in [0.4, 0.5) is 11.4 Å². The molecule has 0 aliphatic carbocycles. The number of nitrogens with two attached hydrogens (primary N) is 1. The molecule has 1 heterocycles. The number of hydrogen-bond acceptors (Lipinski definition) is 5. The van der Waals surface area contributed by atoms with Crippen LogP contribution in [0.2, 0.25) is 0 Å². The van der Waals surface area contributed by atoms with Crippen molar-refractivity contribution in [2.24, 2.45) is 0 Å². The summed E-state index contributed by atoms with van der Waals surface area (Å²) < 4.78 is 0. The molecule has 0 bridgehead atoms. The van der Waals surface area contributed by atoms with Crippen LogP contribution >= 0.6 is 23.5 Å². The summed E-state index contributed by atoms with van der Waals surface area (Å²) in [5.74, 6) is 2.55. The minimum Gasteiger partial charge on any atom is -0.478 e. The predicted octanol–water partition coefficient (Wildman–Crippen LogP) is 2.23. The fourth-order valence-electron chi connectivity index (χ4n) is 1.78. The second-order valence-corrected chi connectivity index (χ2v) is 6.58. The second-order valence-electron chi connectivity index (χ2n) is 4.02. The van der Waals surface area contributed by atoms with Gasteiger partial charge in [-0.1, -0.05) is 6.07 Å². The Kier molecular flexibility index (Phi) is 4.66. The van der Waals surface area contributed by atoms with Gasteiger partial charge in [-0.25, -0.2) is 4.79 Å². The number of benzene rings is 1. The first kappa shape index (κ1) is 13.4. The van der Waals surface area contributed by atoms with Gasteiger partial charge in [-0.15, -0.1) is 0 Å². The maximum absolute atomic E-state index is 11.0. The minimum atomic E-state index is -0.987. The zero-order chi connectivity index (χ0) is 13.0. The maximum atomic E-state index is 11.0. The van der Waals surface area contributed by atoms with Gasteiger partial charge in [-0.05, 0) is 12.1 Å². The van der Waals surface area contributed by atoms with Gasteiger partial charge >= 0.3 is 5.97 Å². The molecule has 98 valence electrons. The number of thioether (sulfide) groups is 2. The number of anilines is 2. The van der Waals surface area contributed by atoms with Gasteiger partial charge in [0, 0.05) is 29.1 Å². The molecule has 1 saturated heterocycles. The largest absolute Gasteiger partial charge is 0.478 e. The minimum absolute atomic E-state index is 0.158. The van der Waals surface area contributed by atoms with Crippen LogP contribution in [0.25, 0.3) is 0 Å². The van der Waals surface area contributed by atoms with Crippen LogP contribution in [0.3, 0.4) is 0 Å². The summed E-state index contributed by atoms with van der Waals surface area (Å²) >= 11 is 3.92. The normalized spacial score (nSPS) is 19.4. The van der Waals surface area contributed by atoms with Crippen LogP contribution in [0.15, 0.2) is 18.2 Å². The van der Waals surface area contributed by atoms with Crippen LogP contribution in [-0.4, -0.2) is 40.1 Å². The molecule has 1 aromatic carbocycles. The van der Waals surface area contributed by atoms with Gasteiger partial charge in [0.1, 0.15) is 0 Å². The Morgan fingerprint density at radius 1 is 1.50 bits per heavy atom. The van der Waals surface area contributed by atoms with Gasteiger partial charge in [0.05, 0.1) is 16.9 Å². The summed E-state index contributed by atoms with van der Waals surface area (Å²) in [6.07, 6.45) is 0. The van der Waals surface area contributed by atoms with E-state index in [2.05, 4.69) is 5.32 Å². The Hall–Kier alpha value is -1.01. The van der Waals surface area contributed by atoms with E-state index < -0.39 is 5.97 Å². The molecule has 1 aromatic rings. The first-order valence-electron chi connectivity index (χ1n) is 5.73. The highest BCUT2D eigenvalue weighted by Gasteiger charge is 2.15. The number of rotatable bonds is 4. The summed E-state index contributed by atoms with van der Waals surface area (Å²) in [5, 5.41) is 12.8. The Labute approximate surface area is 115 Å². The highest BCUT2D eigenvalue weighted by Crippen LogP contribution is 2.26. The van der Waals surface area contributed by atoms with Crippen molar-refractivity contribution in [3.05, 3.63) is 23.8 Å². The number of carbonyl (C=O) groups is 1. The summed E-state index contributed by atoms with van der Waals surface area (Å²) in [4.78, 5) is 11.0. The molecule has 1 atom stereocenters. The Balaban J connectivity index is 2.00. The van der Waals surface area contributed by atoms with Gasteiger partial charge in [0.2, 0.25) is 0 Å². The topological polar surface area (TPSA) is 75.3 Å². The third-order valence-corrected chi connectivity index (χ3v) is 5.59. The fourth-order valence-corrected chi connectivity index (χ4v) is 4.40. The Morgan fingerprint density at radius 2 is 2.33 bits per heavy atom. The van der Waals surface area contributed by atoms with E-state index in [4.69, 9.17) is 10.8 Å². The number of hydrogen-bond donors (Lipinski definition) is 3. The Morgan fingerprint density at radius 3 is 3.00 bits per heavy atom.